The first kappa shape index (κ1) is 14.1. The van der Waals surface area contributed by atoms with Crippen LogP contribution in [-0.2, 0) is 9.84 Å². The van der Waals surface area contributed by atoms with Crippen LogP contribution in [0.25, 0.3) is 5.78 Å². The van der Waals surface area contributed by atoms with E-state index in [1.165, 1.54) is 6.33 Å². The Hall–Kier alpha value is -2.48. The zero-order valence-corrected chi connectivity index (χ0v) is 13.5. The van der Waals surface area contributed by atoms with Crippen LogP contribution in [0, 0.1) is 13.8 Å². The molecule has 0 unspecified atom stereocenters. The van der Waals surface area contributed by atoms with Gasteiger partial charge in [-0.25, -0.2) is 13.4 Å². The van der Waals surface area contributed by atoms with Crippen LogP contribution in [0.15, 0.2) is 35.5 Å². The van der Waals surface area contributed by atoms with Crippen LogP contribution in [0.4, 0.5) is 5.82 Å². The van der Waals surface area contributed by atoms with Gasteiger partial charge in [0.25, 0.3) is 5.78 Å². The molecule has 4 rings (SSSR count). The van der Waals surface area contributed by atoms with Crippen molar-refractivity contribution in [1.29, 1.82) is 0 Å². The fourth-order valence-corrected chi connectivity index (χ4v) is 4.67. The van der Waals surface area contributed by atoms with E-state index in [1.807, 2.05) is 26.0 Å². The van der Waals surface area contributed by atoms with Crippen LogP contribution in [0.5, 0.6) is 0 Å². The Bertz CT molecular complexity index is 1030. The lowest BCUT2D eigenvalue weighted by Crippen LogP contribution is -2.17. The lowest BCUT2D eigenvalue weighted by atomic mass is 10.1. The van der Waals surface area contributed by atoms with Crippen LogP contribution in [0.1, 0.15) is 22.9 Å². The molecule has 1 aliphatic heterocycles. The van der Waals surface area contributed by atoms with E-state index in [9.17, 15) is 8.42 Å². The molecule has 7 nitrogen and oxygen atoms in total. The zero-order chi connectivity index (χ0) is 16.2. The normalized spacial score (nSPS) is 19.0. The van der Waals surface area contributed by atoms with Gasteiger partial charge < -0.3 is 5.32 Å². The maximum atomic E-state index is 12.3. The van der Waals surface area contributed by atoms with Gasteiger partial charge in [0.2, 0.25) is 0 Å². The quantitative estimate of drug-likeness (QED) is 0.769. The van der Waals surface area contributed by atoms with Gasteiger partial charge in [-0.2, -0.15) is 14.6 Å². The molecule has 0 radical (unpaired) electrons. The summed E-state index contributed by atoms with van der Waals surface area (Å²) in [4.78, 5) is 8.88. The van der Waals surface area contributed by atoms with E-state index in [2.05, 4.69) is 20.4 Å². The first-order valence-corrected chi connectivity index (χ1v) is 8.88. The molecule has 3 heterocycles. The number of sulfone groups is 1. The van der Waals surface area contributed by atoms with Crippen LogP contribution in [-0.4, -0.2) is 33.8 Å². The number of aromatic nitrogens is 4. The Morgan fingerprint density at radius 1 is 1.26 bits per heavy atom. The van der Waals surface area contributed by atoms with Crippen LogP contribution in [0.3, 0.4) is 0 Å². The van der Waals surface area contributed by atoms with E-state index in [4.69, 9.17) is 0 Å². The van der Waals surface area contributed by atoms with Crippen molar-refractivity contribution in [2.75, 3.05) is 11.1 Å². The lowest BCUT2D eigenvalue weighted by Gasteiger charge is -2.17. The van der Waals surface area contributed by atoms with Crippen molar-refractivity contribution in [3.63, 3.8) is 0 Å². The average Bonchev–Trinajstić information content (AvgIpc) is 3.07. The molecule has 0 spiro atoms. The van der Waals surface area contributed by atoms with Gasteiger partial charge in [-0.1, -0.05) is 18.2 Å². The summed E-state index contributed by atoms with van der Waals surface area (Å²) >= 11 is 0. The number of nitrogens with zero attached hydrogens (tertiary/aromatic N) is 4. The SMILES string of the molecule is Cc1nc2ncnn2c(N[C@@H]2CS(=O)(=O)c3ccccc32)c1C. The highest BCUT2D eigenvalue weighted by atomic mass is 32.2. The molecule has 8 heteroatoms. The first-order chi connectivity index (χ1) is 11.0. The second kappa shape index (κ2) is 4.76. The number of hydrogen-bond donors (Lipinski definition) is 1. The van der Waals surface area contributed by atoms with E-state index in [-0.39, 0.29) is 11.8 Å². The van der Waals surface area contributed by atoms with Gasteiger partial charge in [-0.15, -0.1) is 0 Å². The fraction of sp³-hybridized carbons (Fsp3) is 0.267. The van der Waals surface area contributed by atoms with Crippen LogP contribution < -0.4 is 5.32 Å². The average molecular weight is 329 g/mol. The van der Waals surface area contributed by atoms with Crippen molar-refractivity contribution >= 4 is 21.4 Å². The Morgan fingerprint density at radius 2 is 2.04 bits per heavy atom. The molecule has 0 saturated carbocycles. The molecule has 0 aliphatic carbocycles. The predicted octanol–water partition coefficient (Wildman–Crippen LogP) is 1.68. The lowest BCUT2D eigenvalue weighted by molar-refractivity contribution is 0.598. The van der Waals surface area contributed by atoms with Crippen molar-refractivity contribution in [3.8, 4) is 0 Å². The summed E-state index contributed by atoms with van der Waals surface area (Å²) in [6, 6.07) is 6.78. The highest BCUT2D eigenvalue weighted by Crippen LogP contribution is 2.36. The van der Waals surface area contributed by atoms with E-state index < -0.39 is 9.84 Å². The molecule has 118 valence electrons. The molecule has 0 saturated heterocycles. The van der Waals surface area contributed by atoms with Gasteiger partial charge in [0.15, 0.2) is 9.84 Å². The minimum absolute atomic E-state index is 0.0311. The molecule has 1 N–H and O–H groups in total. The summed E-state index contributed by atoms with van der Waals surface area (Å²) in [6.45, 7) is 3.83. The van der Waals surface area contributed by atoms with Gasteiger partial charge >= 0.3 is 0 Å². The standard InChI is InChI=1S/C15H15N5O2S/c1-9-10(2)18-15-16-8-17-20(15)14(9)19-12-7-23(21,22)13-6-4-3-5-11(12)13/h3-6,8,12,19H,7H2,1-2H3/t12-/m1/s1. The second-order valence-corrected chi connectivity index (χ2v) is 7.66. The third kappa shape index (κ3) is 2.09. The van der Waals surface area contributed by atoms with Crippen molar-refractivity contribution < 1.29 is 8.42 Å². The molecular weight excluding hydrogens is 314 g/mol. The smallest absolute Gasteiger partial charge is 0.254 e. The second-order valence-electron chi connectivity index (χ2n) is 5.66. The Labute approximate surface area is 133 Å². The number of aryl methyl sites for hydroxylation is 1. The minimum atomic E-state index is -3.26. The maximum Gasteiger partial charge on any atom is 0.254 e. The van der Waals surface area contributed by atoms with Crippen molar-refractivity contribution in [3.05, 3.63) is 47.4 Å². The third-order valence-electron chi connectivity index (χ3n) is 4.23. The summed E-state index contributed by atoms with van der Waals surface area (Å²) < 4.78 is 26.3. The molecule has 1 atom stereocenters. The summed E-state index contributed by atoms with van der Waals surface area (Å²) in [5, 5.41) is 7.52. The Morgan fingerprint density at radius 3 is 2.87 bits per heavy atom. The molecule has 23 heavy (non-hydrogen) atoms. The number of benzene rings is 1. The van der Waals surface area contributed by atoms with Crippen LogP contribution in [0.2, 0.25) is 0 Å². The van der Waals surface area contributed by atoms with E-state index in [1.54, 1.807) is 16.6 Å². The van der Waals surface area contributed by atoms with Gasteiger partial charge in [0.05, 0.1) is 16.7 Å². The van der Waals surface area contributed by atoms with E-state index in [0.29, 0.717) is 10.7 Å². The number of fused-ring (bicyclic) bond motifs is 2. The van der Waals surface area contributed by atoms with Gasteiger partial charge in [0.1, 0.15) is 12.1 Å². The largest absolute Gasteiger partial charge is 0.362 e. The highest BCUT2D eigenvalue weighted by Gasteiger charge is 2.35. The maximum absolute atomic E-state index is 12.3. The zero-order valence-electron chi connectivity index (χ0n) is 12.7. The number of rotatable bonds is 2. The minimum Gasteiger partial charge on any atom is -0.362 e. The monoisotopic (exact) mass is 329 g/mol. The summed E-state index contributed by atoms with van der Waals surface area (Å²) in [5.74, 6) is 1.25. The number of anilines is 1. The third-order valence-corrected chi connectivity index (χ3v) is 6.05. The van der Waals surface area contributed by atoms with Gasteiger partial charge in [-0.3, -0.25) is 0 Å². The van der Waals surface area contributed by atoms with Crippen LogP contribution >= 0.6 is 0 Å². The summed E-state index contributed by atoms with van der Waals surface area (Å²) in [6.07, 6.45) is 1.44. The Balaban J connectivity index is 1.84. The molecule has 0 fully saturated rings. The molecule has 1 aliphatic rings. The van der Waals surface area contributed by atoms with E-state index in [0.717, 1.165) is 22.6 Å². The van der Waals surface area contributed by atoms with Gasteiger partial charge in [-0.05, 0) is 25.5 Å². The highest BCUT2D eigenvalue weighted by molar-refractivity contribution is 7.91. The molecular formula is C15H15N5O2S. The van der Waals surface area contributed by atoms with E-state index >= 15 is 0 Å². The Kier molecular flexibility index (Phi) is 2.92. The van der Waals surface area contributed by atoms with Crippen molar-refractivity contribution in [1.82, 2.24) is 19.6 Å². The fourth-order valence-electron chi connectivity index (χ4n) is 2.94. The van der Waals surface area contributed by atoms with Gasteiger partial charge in [0, 0.05) is 11.3 Å². The molecule has 2 aromatic heterocycles. The molecule has 0 amide bonds. The number of hydrogen-bond acceptors (Lipinski definition) is 6. The number of nitrogens with one attached hydrogen (secondary N) is 1. The topological polar surface area (TPSA) is 89.2 Å². The molecule has 3 aromatic rings. The summed E-state index contributed by atoms with van der Waals surface area (Å²) in [7, 11) is -3.26. The molecule has 0 bridgehead atoms. The summed E-state index contributed by atoms with van der Waals surface area (Å²) in [5.41, 5.74) is 2.54. The van der Waals surface area contributed by atoms with Crippen molar-refractivity contribution in [2.24, 2.45) is 0 Å². The molecule has 1 aromatic carbocycles. The predicted molar refractivity (Wildman–Crippen MR) is 85.1 cm³/mol. The first-order valence-electron chi connectivity index (χ1n) is 7.22. The van der Waals surface area contributed by atoms with Crippen molar-refractivity contribution in [2.45, 2.75) is 24.8 Å².